The van der Waals surface area contributed by atoms with Gasteiger partial charge in [0.25, 0.3) is 10.2 Å². The molecule has 0 atom stereocenters. The highest BCUT2D eigenvalue weighted by atomic mass is 32.2. The van der Waals surface area contributed by atoms with Crippen molar-refractivity contribution in [3.8, 4) is 0 Å². The van der Waals surface area contributed by atoms with Crippen molar-refractivity contribution in [3.63, 3.8) is 0 Å². The normalized spacial score (nSPS) is 17.4. The van der Waals surface area contributed by atoms with Crippen LogP contribution in [-0.2, 0) is 16.8 Å². The van der Waals surface area contributed by atoms with Crippen LogP contribution >= 0.6 is 0 Å². The van der Waals surface area contributed by atoms with E-state index < -0.39 is 10.2 Å². The first kappa shape index (κ1) is 12.3. The van der Waals surface area contributed by atoms with Gasteiger partial charge in [0, 0.05) is 25.3 Å². The van der Waals surface area contributed by atoms with Crippen LogP contribution in [0.3, 0.4) is 0 Å². The molecule has 5 nitrogen and oxygen atoms in total. The zero-order valence-electron chi connectivity index (χ0n) is 9.59. The van der Waals surface area contributed by atoms with Crippen LogP contribution in [0.5, 0.6) is 0 Å². The lowest BCUT2D eigenvalue weighted by atomic mass is 10.2. The van der Waals surface area contributed by atoms with Gasteiger partial charge in [-0.25, -0.2) is 0 Å². The van der Waals surface area contributed by atoms with Gasteiger partial charge in [-0.2, -0.15) is 17.4 Å². The van der Waals surface area contributed by atoms with Crippen molar-refractivity contribution in [1.82, 2.24) is 9.03 Å². The minimum absolute atomic E-state index is 0.282. The Hall–Kier alpha value is -1.11. The fraction of sp³-hybridized carbons (Fsp3) is 0.455. The quantitative estimate of drug-likeness (QED) is 0.778. The average molecular weight is 255 g/mol. The van der Waals surface area contributed by atoms with Gasteiger partial charge in [-0.15, -0.1) is 0 Å². The van der Waals surface area contributed by atoms with Crippen molar-refractivity contribution in [2.75, 3.05) is 18.8 Å². The monoisotopic (exact) mass is 255 g/mol. The smallest absolute Gasteiger partial charge is 0.279 e. The zero-order valence-corrected chi connectivity index (χ0v) is 10.4. The van der Waals surface area contributed by atoms with E-state index in [0.29, 0.717) is 18.8 Å². The van der Waals surface area contributed by atoms with Crippen LogP contribution in [0.1, 0.15) is 18.4 Å². The molecule has 0 saturated carbocycles. The molecule has 0 aromatic heterocycles. The van der Waals surface area contributed by atoms with Gasteiger partial charge in [0.1, 0.15) is 0 Å². The van der Waals surface area contributed by atoms with Crippen molar-refractivity contribution in [1.29, 1.82) is 0 Å². The van der Waals surface area contributed by atoms with Crippen LogP contribution in [-0.4, -0.2) is 25.8 Å². The lowest BCUT2D eigenvalue weighted by Gasteiger charge is -2.16. The Morgan fingerprint density at radius 3 is 2.65 bits per heavy atom. The first-order chi connectivity index (χ1) is 8.08. The van der Waals surface area contributed by atoms with Crippen LogP contribution in [0.25, 0.3) is 0 Å². The summed E-state index contributed by atoms with van der Waals surface area (Å²) in [5, 5.41) is 0. The van der Waals surface area contributed by atoms with E-state index in [-0.39, 0.29) is 6.54 Å². The van der Waals surface area contributed by atoms with E-state index in [1.165, 1.54) is 4.31 Å². The van der Waals surface area contributed by atoms with Gasteiger partial charge in [-0.1, -0.05) is 12.1 Å². The molecule has 1 aromatic rings. The van der Waals surface area contributed by atoms with E-state index in [9.17, 15) is 8.42 Å². The molecular formula is C11H17N3O2S. The summed E-state index contributed by atoms with van der Waals surface area (Å²) in [4.78, 5) is 0. The number of nitrogens with one attached hydrogen (secondary N) is 1. The number of rotatable bonds is 4. The Labute approximate surface area is 102 Å². The third kappa shape index (κ3) is 3.18. The molecule has 0 aliphatic carbocycles. The maximum Gasteiger partial charge on any atom is 0.279 e. The molecule has 3 N–H and O–H groups in total. The first-order valence-electron chi connectivity index (χ1n) is 5.67. The van der Waals surface area contributed by atoms with Crippen LogP contribution in [0.4, 0.5) is 5.69 Å². The molecule has 0 unspecified atom stereocenters. The largest absolute Gasteiger partial charge is 0.399 e. The third-order valence-corrected chi connectivity index (χ3v) is 4.37. The van der Waals surface area contributed by atoms with Crippen molar-refractivity contribution in [2.24, 2.45) is 0 Å². The first-order valence-corrected chi connectivity index (χ1v) is 7.11. The SMILES string of the molecule is Nc1cccc(CNS(=O)(=O)N2CCCC2)c1. The number of hydrogen-bond donors (Lipinski definition) is 2. The van der Waals surface area contributed by atoms with Gasteiger partial charge < -0.3 is 5.73 Å². The Balaban J connectivity index is 1.97. The van der Waals surface area contributed by atoms with E-state index in [1.807, 2.05) is 12.1 Å². The van der Waals surface area contributed by atoms with E-state index in [2.05, 4.69) is 4.72 Å². The molecule has 0 radical (unpaired) electrons. The molecule has 1 saturated heterocycles. The van der Waals surface area contributed by atoms with Gasteiger partial charge in [0.2, 0.25) is 0 Å². The van der Waals surface area contributed by atoms with Crippen molar-refractivity contribution in [3.05, 3.63) is 29.8 Å². The van der Waals surface area contributed by atoms with Gasteiger partial charge in [-0.05, 0) is 30.5 Å². The highest BCUT2D eigenvalue weighted by Gasteiger charge is 2.24. The van der Waals surface area contributed by atoms with Gasteiger partial charge in [0.15, 0.2) is 0 Å². The third-order valence-electron chi connectivity index (χ3n) is 2.81. The molecule has 94 valence electrons. The molecule has 1 aliphatic heterocycles. The molecule has 1 aliphatic rings. The second-order valence-electron chi connectivity index (χ2n) is 4.18. The Morgan fingerprint density at radius 2 is 2.00 bits per heavy atom. The van der Waals surface area contributed by atoms with E-state index in [4.69, 9.17) is 5.73 Å². The van der Waals surface area contributed by atoms with Crippen LogP contribution in [0.2, 0.25) is 0 Å². The van der Waals surface area contributed by atoms with Gasteiger partial charge >= 0.3 is 0 Å². The highest BCUT2D eigenvalue weighted by Crippen LogP contribution is 2.12. The minimum atomic E-state index is -3.33. The van der Waals surface area contributed by atoms with Gasteiger partial charge in [0.05, 0.1) is 0 Å². The number of anilines is 1. The maximum absolute atomic E-state index is 11.9. The van der Waals surface area contributed by atoms with E-state index >= 15 is 0 Å². The Kier molecular flexibility index (Phi) is 3.66. The summed E-state index contributed by atoms with van der Waals surface area (Å²) >= 11 is 0. The van der Waals surface area contributed by atoms with Crippen molar-refractivity contribution < 1.29 is 8.42 Å². The fourth-order valence-corrected chi connectivity index (χ4v) is 3.17. The summed E-state index contributed by atoms with van der Waals surface area (Å²) in [5.41, 5.74) is 7.14. The maximum atomic E-state index is 11.9. The molecule has 1 heterocycles. The summed E-state index contributed by atoms with van der Waals surface area (Å²) in [6, 6.07) is 7.21. The summed E-state index contributed by atoms with van der Waals surface area (Å²) in [6.45, 7) is 1.52. The minimum Gasteiger partial charge on any atom is -0.399 e. The predicted octanol–water partition coefficient (Wildman–Crippen LogP) is 0.699. The number of nitrogen functional groups attached to an aromatic ring is 1. The molecule has 2 rings (SSSR count). The number of hydrogen-bond acceptors (Lipinski definition) is 3. The average Bonchev–Trinajstić information content (AvgIpc) is 2.81. The van der Waals surface area contributed by atoms with E-state index in [0.717, 1.165) is 18.4 Å². The molecule has 6 heteroatoms. The standard InChI is InChI=1S/C11H17N3O2S/c12-11-5-3-4-10(8-11)9-13-17(15,16)14-6-1-2-7-14/h3-5,8,13H,1-2,6-7,9,12H2. The number of benzene rings is 1. The van der Waals surface area contributed by atoms with Gasteiger partial charge in [-0.3, -0.25) is 0 Å². The molecule has 0 bridgehead atoms. The highest BCUT2D eigenvalue weighted by molar-refractivity contribution is 7.87. The topological polar surface area (TPSA) is 75.4 Å². The molecule has 1 fully saturated rings. The second-order valence-corrected chi connectivity index (χ2v) is 5.93. The fourth-order valence-electron chi connectivity index (χ4n) is 1.90. The van der Waals surface area contributed by atoms with Crippen LogP contribution in [0, 0.1) is 0 Å². The van der Waals surface area contributed by atoms with Crippen molar-refractivity contribution in [2.45, 2.75) is 19.4 Å². The lowest BCUT2D eigenvalue weighted by Crippen LogP contribution is -2.38. The van der Waals surface area contributed by atoms with Crippen LogP contribution in [0.15, 0.2) is 24.3 Å². The Bertz CT molecular complexity index is 481. The molecule has 17 heavy (non-hydrogen) atoms. The molecular weight excluding hydrogens is 238 g/mol. The molecule has 1 aromatic carbocycles. The summed E-state index contributed by atoms with van der Waals surface area (Å²) < 4.78 is 27.8. The lowest BCUT2D eigenvalue weighted by molar-refractivity contribution is 0.464. The Morgan fingerprint density at radius 1 is 1.29 bits per heavy atom. The van der Waals surface area contributed by atoms with E-state index in [1.54, 1.807) is 12.1 Å². The summed E-state index contributed by atoms with van der Waals surface area (Å²) in [7, 11) is -3.33. The second kappa shape index (κ2) is 5.03. The zero-order chi connectivity index (χ0) is 12.3. The molecule has 0 amide bonds. The summed E-state index contributed by atoms with van der Waals surface area (Å²) in [5.74, 6) is 0. The summed E-state index contributed by atoms with van der Waals surface area (Å²) in [6.07, 6.45) is 1.89. The molecule has 0 spiro atoms. The number of nitrogens with zero attached hydrogens (tertiary/aromatic N) is 1. The number of nitrogens with two attached hydrogens (primary N) is 1. The predicted molar refractivity (Wildman–Crippen MR) is 67.4 cm³/mol. The van der Waals surface area contributed by atoms with Crippen molar-refractivity contribution >= 4 is 15.9 Å². The van der Waals surface area contributed by atoms with Crippen LogP contribution < -0.4 is 10.5 Å².